The molecule has 4 rings (SSSR count). The van der Waals surface area contributed by atoms with Crippen LogP contribution >= 0.6 is 0 Å². The Morgan fingerprint density at radius 2 is 1.94 bits per heavy atom. The number of halogens is 5. The van der Waals surface area contributed by atoms with Gasteiger partial charge in [-0.3, -0.25) is 4.68 Å². The quantitative estimate of drug-likeness (QED) is 0.565. The molecule has 1 aliphatic rings. The fraction of sp³-hybridized carbons (Fsp3) is 0.400. The third kappa shape index (κ3) is 3.56. The maximum atomic E-state index is 14.5. The van der Waals surface area contributed by atoms with Gasteiger partial charge < -0.3 is 15.2 Å². The number of ether oxygens (including phenoxy) is 1. The van der Waals surface area contributed by atoms with Crippen LogP contribution < -0.4 is 5.32 Å². The molecule has 11 heteroatoms. The third-order valence-corrected chi connectivity index (χ3v) is 5.60. The zero-order valence-corrected chi connectivity index (χ0v) is 16.6. The van der Waals surface area contributed by atoms with Crippen molar-refractivity contribution in [2.45, 2.75) is 31.0 Å². The molecule has 2 N–H and O–H groups in total. The topological polar surface area (TPSA) is 72.2 Å². The highest BCUT2D eigenvalue weighted by molar-refractivity contribution is 5.94. The van der Waals surface area contributed by atoms with Gasteiger partial charge in [0.25, 0.3) is 0 Å². The number of benzene rings is 1. The molecular weight excluding hydrogens is 423 g/mol. The molecule has 0 amide bonds. The molecule has 0 bridgehead atoms. The summed E-state index contributed by atoms with van der Waals surface area (Å²) in [5.41, 5.74) is -2.42. The molecule has 2 aromatic heterocycles. The summed E-state index contributed by atoms with van der Waals surface area (Å²) >= 11 is 0. The van der Waals surface area contributed by atoms with E-state index in [1.807, 2.05) is 0 Å². The van der Waals surface area contributed by atoms with Gasteiger partial charge in [0, 0.05) is 37.4 Å². The molecule has 1 fully saturated rings. The lowest BCUT2D eigenvalue weighted by Gasteiger charge is -2.42. The normalized spacial score (nSPS) is 15.8. The van der Waals surface area contributed by atoms with E-state index in [1.165, 1.54) is 17.9 Å². The average Bonchev–Trinajstić information content (AvgIpc) is 3.00. The maximum absolute atomic E-state index is 14.5. The molecule has 1 aliphatic carbocycles. The standard InChI is InChI=1S/C20H19F5N4O2/c1-29-13-7-14(27-19(9-31-2)4-3-5-19)26-8-11(13)17(28-29)10-6-12(20(23,24)25)16(22)18(30)15(10)21/h6-8,30H,3-5,9H2,1-2H3,(H,26,27). The van der Waals surface area contributed by atoms with Crippen LogP contribution in [-0.4, -0.2) is 39.1 Å². The van der Waals surface area contributed by atoms with Crippen molar-refractivity contribution in [1.29, 1.82) is 0 Å². The van der Waals surface area contributed by atoms with E-state index >= 15 is 0 Å². The molecule has 1 saturated carbocycles. The first-order valence-corrected chi connectivity index (χ1v) is 9.45. The number of nitrogens with one attached hydrogen (secondary N) is 1. The Bertz CT molecular complexity index is 1150. The van der Waals surface area contributed by atoms with Gasteiger partial charge in [-0.15, -0.1) is 0 Å². The monoisotopic (exact) mass is 442 g/mol. The van der Waals surface area contributed by atoms with Crippen LogP contribution in [0.15, 0.2) is 18.3 Å². The lowest BCUT2D eigenvalue weighted by atomic mass is 9.77. The predicted octanol–water partition coefficient (Wildman–Crippen LogP) is 4.62. The van der Waals surface area contributed by atoms with Crippen LogP contribution in [0.5, 0.6) is 5.75 Å². The number of nitrogens with zero attached hydrogens (tertiary/aromatic N) is 3. The second kappa shape index (κ2) is 7.33. The van der Waals surface area contributed by atoms with Gasteiger partial charge in [-0.25, -0.2) is 13.8 Å². The molecule has 1 aromatic carbocycles. The number of phenolic OH excluding ortho intramolecular Hbond substituents is 1. The van der Waals surface area contributed by atoms with Crippen LogP contribution in [0.25, 0.3) is 22.2 Å². The minimum Gasteiger partial charge on any atom is -0.503 e. The summed E-state index contributed by atoms with van der Waals surface area (Å²) in [5, 5.41) is 17.3. The number of hydrogen-bond acceptors (Lipinski definition) is 5. The van der Waals surface area contributed by atoms with Gasteiger partial charge in [0.2, 0.25) is 0 Å². The van der Waals surface area contributed by atoms with Crippen molar-refractivity contribution < 1.29 is 31.8 Å². The van der Waals surface area contributed by atoms with E-state index in [9.17, 15) is 27.1 Å². The highest BCUT2D eigenvalue weighted by Gasteiger charge is 2.39. The Hall–Kier alpha value is -2.95. The van der Waals surface area contributed by atoms with Crippen LogP contribution in [0.1, 0.15) is 24.8 Å². The van der Waals surface area contributed by atoms with Gasteiger partial charge in [-0.1, -0.05) is 0 Å². The Balaban J connectivity index is 1.81. The molecule has 0 radical (unpaired) electrons. The molecule has 3 aromatic rings. The first-order valence-electron chi connectivity index (χ1n) is 9.45. The molecule has 0 atom stereocenters. The molecular formula is C20H19F5N4O2. The van der Waals surface area contributed by atoms with Crippen LogP contribution in [-0.2, 0) is 18.0 Å². The summed E-state index contributed by atoms with van der Waals surface area (Å²) in [6.07, 6.45) is -0.924. The lowest BCUT2D eigenvalue weighted by Crippen LogP contribution is -2.49. The van der Waals surface area contributed by atoms with Crippen LogP contribution in [0, 0.1) is 11.6 Å². The first kappa shape index (κ1) is 21.3. The summed E-state index contributed by atoms with van der Waals surface area (Å²) in [6, 6.07) is 1.95. The van der Waals surface area contributed by atoms with Gasteiger partial charge in [-0.05, 0) is 25.3 Å². The molecule has 2 heterocycles. The van der Waals surface area contributed by atoms with Crippen molar-refractivity contribution in [2.75, 3.05) is 19.0 Å². The van der Waals surface area contributed by atoms with Gasteiger partial charge in [0.1, 0.15) is 11.5 Å². The minimum absolute atomic E-state index is 0.190. The number of alkyl halides is 3. The Labute approximate surface area is 173 Å². The number of rotatable bonds is 5. The van der Waals surface area contributed by atoms with Crippen LogP contribution in [0.2, 0.25) is 0 Å². The molecule has 31 heavy (non-hydrogen) atoms. The predicted molar refractivity (Wildman–Crippen MR) is 103 cm³/mol. The molecule has 0 spiro atoms. The molecule has 0 aliphatic heterocycles. The molecule has 0 saturated heterocycles. The van der Waals surface area contributed by atoms with Gasteiger partial charge in [-0.2, -0.15) is 18.3 Å². The number of aromatic nitrogens is 3. The second-order valence-electron chi connectivity index (χ2n) is 7.70. The van der Waals surface area contributed by atoms with Crippen molar-refractivity contribution in [1.82, 2.24) is 14.8 Å². The number of methoxy groups -OCH3 is 1. The van der Waals surface area contributed by atoms with Crippen LogP contribution in [0.4, 0.5) is 27.8 Å². The van der Waals surface area contributed by atoms with E-state index in [0.717, 1.165) is 19.3 Å². The molecule has 6 nitrogen and oxygen atoms in total. The van der Waals surface area contributed by atoms with Crippen LogP contribution in [0.3, 0.4) is 0 Å². The Morgan fingerprint density at radius 3 is 2.52 bits per heavy atom. The minimum atomic E-state index is -5.12. The highest BCUT2D eigenvalue weighted by Crippen LogP contribution is 2.42. The second-order valence-corrected chi connectivity index (χ2v) is 7.70. The van der Waals surface area contributed by atoms with Crippen molar-refractivity contribution in [3.8, 4) is 17.0 Å². The number of phenols is 1. The average molecular weight is 442 g/mol. The smallest absolute Gasteiger partial charge is 0.419 e. The number of fused-ring (bicyclic) bond motifs is 1. The van der Waals surface area contributed by atoms with Gasteiger partial charge in [0.15, 0.2) is 17.4 Å². The molecule has 166 valence electrons. The number of pyridine rings is 1. The number of anilines is 1. The summed E-state index contributed by atoms with van der Waals surface area (Å²) in [5.74, 6) is -4.79. The fourth-order valence-electron chi connectivity index (χ4n) is 3.88. The van der Waals surface area contributed by atoms with E-state index in [2.05, 4.69) is 15.4 Å². The van der Waals surface area contributed by atoms with Gasteiger partial charge >= 0.3 is 6.18 Å². The number of aromatic hydroxyl groups is 1. The van der Waals surface area contributed by atoms with E-state index in [1.54, 1.807) is 13.2 Å². The Morgan fingerprint density at radius 1 is 1.23 bits per heavy atom. The van der Waals surface area contributed by atoms with Crippen molar-refractivity contribution in [2.24, 2.45) is 7.05 Å². The zero-order valence-electron chi connectivity index (χ0n) is 16.6. The first-order chi connectivity index (χ1) is 14.6. The third-order valence-electron chi connectivity index (χ3n) is 5.60. The van der Waals surface area contributed by atoms with E-state index in [-0.39, 0.29) is 16.6 Å². The summed E-state index contributed by atoms with van der Waals surface area (Å²) in [7, 11) is 3.14. The van der Waals surface area contributed by atoms with Gasteiger partial charge in [0.05, 0.1) is 23.2 Å². The van der Waals surface area contributed by atoms with E-state index < -0.39 is 34.7 Å². The van der Waals surface area contributed by atoms with Crippen molar-refractivity contribution in [3.05, 3.63) is 35.5 Å². The number of aryl methyl sites for hydroxylation is 1. The van der Waals surface area contributed by atoms with E-state index in [0.29, 0.717) is 24.0 Å². The zero-order chi connectivity index (χ0) is 22.6. The highest BCUT2D eigenvalue weighted by atomic mass is 19.4. The Kier molecular flexibility index (Phi) is 5.03. The van der Waals surface area contributed by atoms with Crippen molar-refractivity contribution >= 4 is 16.7 Å². The fourth-order valence-corrected chi connectivity index (χ4v) is 3.88. The molecule has 0 unspecified atom stereocenters. The summed E-state index contributed by atoms with van der Waals surface area (Å²) in [6.45, 7) is 0.490. The SMILES string of the molecule is COCC1(Nc2cc3c(cn2)c(-c2cc(C(F)(F)F)c(F)c(O)c2F)nn3C)CCC1. The largest absolute Gasteiger partial charge is 0.503 e. The number of hydrogen-bond donors (Lipinski definition) is 2. The van der Waals surface area contributed by atoms with Crippen molar-refractivity contribution in [3.63, 3.8) is 0 Å². The van der Waals surface area contributed by atoms with E-state index in [4.69, 9.17) is 4.74 Å². The summed E-state index contributed by atoms with van der Waals surface area (Å²) < 4.78 is 74.5. The lowest BCUT2D eigenvalue weighted by molar-refractivity contribution is -0.140. The maximum Gasteiger partial charge on any atom is 0.419 e. The summed E-state index contributed by atoms with van der Waals surface area (Å²) in [4.78, 5) is 4.30.